The molecular weight excluding hydrogens is 312 g/mol. The molecule has 0 aliphatic heterocycles. The van der Waals surface area contributed by atoms with E-state index in [1.54, 1.807) is 30.5 Å². The van der Waals surface area contributed by atoms with Crippen molar-refractivity contribution >= 4 is 15.7 Å². The van der Waals surface area contributed by atoms with Gasteiger partial charge < -0.3 is 4.74 Å². The zero-order chi connectivity index (χ0) is 17.3. The van der Waals surface area contributed by atoms with Gasteiger partial charge in [-0.3, -0.25) is 9.71 Å². The lowest BCUT2D eigenvalue weighted by atomic mass is 9.91. The third-order valence-corrected chi connectivity index (χ3v) is 4.79. The summed E-state index contributed by atoms with van der Waals surface area (Å²) in [6, 6.07) is 8.43. The molecule has 1 aromatic carbocycles. The fraction of sp³-hybridized carbons (Fsp3) is 0.353. The Kier molecular flexibility index (Phi) is 4.66. The van der Waals surface area contributed by atoms with Crippen molar-refractivity contribution in [3.05, 3.63) is 47.8 Å². The van der Waals surface area contributed by atoms with Gasteiger partial charge in [-0.2, -0.15) is 0 Å². The Balaban J connectivity index is 2.42. The van der Waals surface area contributed by atoms with E-state index in [1.807, 2.05) is 33.8 Å². The molecule has 0 atom stereocenters. The first-order valence-electron chi connectivity index (χ1n) is 7.27. The summed E-state index contributed by atoms with van der Waals surface area (Å²) in [5.41, 5.74) is 1.97. The summed E-state index contributed by atoms with van der Waals surface area (Å²) in [6.45, 7) is 7.91. The van der Waals surface area contributed by atoms with Crippen LogP contribution in [0.3, 0.4) is 0 Å². The van der Waals surface area contributed by atoms with Crippen molar-refractivity contribution < 1.29 is 13.2 Å². The number of anilines is 1. The smallest absolute Gasteiger partial charge is 0.265 e. The predicted molar refractivity (Wildman–Crippen MR) is 91.5 cm³/mol. The third-order valence-electron chi connectivity index (χ3n) is 3.39. The molecule has 0 aliphatic rings. The Bertz CT molecular complexity index is 809. The fourth-order valence-electron chi connectivity index (χ4n) is 2.11. The fourth-order valence-corrected chi connectivity index (χ4v) is 3.41. The molecular formula is C17H22N2O3S. The van der Waals surface area contributed by atoms with Crippen LogP contribution in [0.15, 0.2) is 41.4 Å². The van der Waals surface area contributed by atoms with E-state index in [2.05, 4.69) is 9.71 Å². The number of sulfonamides is 1. The molecule has 124 valence electrons. The summed E-state index contributed by atoms with van der Waals surface area (Å²) in [5, 5.41) is 0. The second-order valence-electron chi connectivity index (χ2n) is 6.44. The number of aryl methyl sites for hydroxylation is 1. The Morgan fingerprint density at radius 3 is 2.43 bits per heavy atom. The largest absolute Gasteiger partial charge is 0.495 e. The van der Waals surface area contributed by atoms with Crippen LogP contribution in [-0.2, 0) is 15.4 Å². The minimum absolute atomic E-state index is 0.120. The maximum atomic E-state index is 12.7. The lowest BCUT2D eigenvalue weighted by Gasteiger charge is -2.19. The molecule has 0 saturated carbocycles. The van der Waals surface area contributed by atoms with E-state index in [0.29, 0.717) is 11.4 Å². The summed E-state index contributed by atoms with van der Waals surface area (Å²) in [7, 11) is -2.29. The van der Waals surface area contributed by atoms with Gasteiger partial charge in [-0.1, -0.05) is 26.8 Å². The van der Waals surface area contributed by atoms with Gasteiger partial charge in [0.2, 0.25) is 0 Å². The van der Waals surface area contributed by atoms with Crippen molar-refractivity contribution in [1.82, 2.24) is 4.98 Å². The zero-order valence-corrected chi connectivity index (χ0v) is 14.9. The van der Waals surface area contributed by atoms with Crippen molar-refractivity contribution in [2.75, 3.05) is 11.8 Å². The van der Waals surface area contributed by atoms with E-state index in [4.69, 9.17) is 4.74 Å². The average molecular weight is 334 g/mol. The maximum Gasteiger partial charge on any atom is 0.265 e. The van der Waals surface area contributed by atoms with E-state index in [9.17, 15) is 8.42 Å². The van der Waals surface area contributed by atoms with E-state index < -0.39 is 10.0 Å². The predicted octanol–water partition coefficient (Wildman–Crippen LogP) is 3.50. The second kappa shape index (κ2) is 6.20. The molecule has 0 spiro atoms. The first kappa shape index (κ1) is 17.3. The summed E-state index contributed by atoms with van der Waals surface area (Å²) in [6.07, 6.45) is 1.60. The molecule has 2 rings (SSSR count). The molecule has 0 radical (unpaired) electrons. The van der Waals surface area contributed by atoms with E-state index in [-0.39, 0.29) is 10.3 Å². The Morgan fingerprint density at radius 2 is 1.83 bits per heavy atom. The van der Waals surface area contributed by atoms with Crippen LogP contribution in [0, 0.1) is 6.92 Å². The molecule has 2 aromatic rings. The number of nitrogens with one attached hydrogen (secondary N) is 1. The number of methoxy groups -OCH3 is 1. The van der Waals surface area contributed by atoms with Crippen molar-refractivity contribution in [3.63, 3.8) is 0 Å². The molecule has 0 bridgehead atoms. The van der Waals surface area contributed by atoms with Crippen molar-refractivity contribution in [2.45, 2.75) is 38.0 Å². The maximum absolute atomic E-state index is 12.7. The lowest BCUT2D eigenvalue weighted by molar-refractivity contribution is 0.402. The highest BCUT2D eigenvalue weighted by Crippen LogP contribution is 2.28. The number of aromatic nitrogens is 1. The standard InChI is InChI=1S/C17H22N2O3S/c1-12-6-7-14(22-5)15(10-12)23(20,21)19-13-8-9-18-16(11-13)17(2,3)4/h6-11H,1-5H3,(H,18,19). The van der Waals surface area contributed by atoms with Crippen LogP contribution in [0.1, 0.15) is 32.0 Å². The number of ether oxygens (including phenoxy) is 1. The number of nitrogens with zero attached hydrogens (tertiary/aromatic N) is 1. The zero-order valence-electron chi connectivity index (χ0n) is 14.0. The molecule has 0 amide bonds. The summed E-state index contributed by atoms with van der Waals surface area (Å²) in [5.74, 6) is 0.313. The Labute approximate surface area is 137 Å². The van der Waals surface area contributed by atoms with Crippen LogP contribution in [0.25, 0.3) is 0 Å². The summed E-state index contributed by atoms with van der Waals surface area (Å²) >= 11 is 0. The molecule has 1 heterocycles. The second-order valence-corrected chi connectivity index (χ2v) is 8.09. The highest BCUT2D eigenvalue weighted by atomic mass is 32.2. The first-order chi connectivity index (χ1) is 10.6. The van der Waals surface area contributed by atoms with Gasteiger partial charge in [0, 0.05) is 17.3 Å². The van der Waals surface area contributed by atoms with E-state index >= 15 is 0 Å². The minimum Gasteiger partial charge on any atom is -0.495 e. The van der Waals surface area contributed by atoms with Crippen LogP contribution >= 0.6 is 0 Å². The average Bonchev–Trinajstić information content (AvgIpc) is 2.46. The summed E-state index contributed by atoms with van der Waals surface area (Å²) in [4.78, 5) is 4.42. The Hall–Kier alpha value is -2.08. The van der Waals surface area contributed by atoms with Crippen LogP contribution < -0.4 is 9.46 Å². The van der Waals surface area contributed by atoms with Gasteiger partial charge in [0.25, 0.3) is 10.0 Å². The van der Waals surface area contributed by atoms with Crippen molar-refractivity contribution in [1.29, 1.82) is 0 Å². The van der Waals surface area contributed by atoms with Gasteiger partial charge in [-0.05, 0) is 36.8 Å². The van der Waals surface area contributed by atoms with Gasteiger partial charge >= 0.3 is 0 Å². The van der Waals surface area contributed by atoms with Gasteiger partial charge in [0.1, 0.15) is 10.6 Å². The molecule has 1 N–H and O–H groups in total. The van der Waals surface area contributed by atoms with Gasteiger partial charge in [-0.15, -0.1) is 0 Å². The topological polar surface area (TPSA) is 68.3 Å². The lowest BCUT2D eigenvalue weighted by Crippen LogP contribution is -2.17. The van der Waals surface area contributed by atoms with Gasteiger partial charge in [0.05, 0.1) is 12.8 Å². The minimum atomic E-state index is -3.74. The molecule has 0 unspecified atom stereocenters. The van der Waals surface area contributed by atoms with Crippen LogP contribution in [0.2, 0.25) is 0 Å². The SMILES string of the molecule is COc1ccc(C)cc1S(=O)(=O)Nc1ccnc(C(C)(C)C)c1. The van der Waals surface area contributed by atoms with Gasteiger partial charge in [0.15, 0.2) is 0 Å². The molecule has 0 saturated heterocycles. The first-order valence-corrected chi connectivity index (χ1v) is 8.76. The van der Waals surface area contributed by atoms with Crippen LogP contribution in [-0.4, -0.2) is 20.5 Å². The third kappa shape index (κ3) is 4.01. The normalized spacial score (nSPS) is 12.0. The van der Waals surface area contributed by atoms with Crippen molar-refractivity contribution in [2.24, 2.45) is 0 Å². The Morgan fingerprint density at radius 1 is 1.13 bits per heavy atom. The van der Waals surface area contributed by atoms with Crippen LogP contribution in [0.5, 0.6) is 5.75 Å². The van der Waals surface area contributed by atoms with Crippen LogP contribution in [0.4, 0.5) is 5.69 Å². The van der Waals surface area contributed by atoms with Crippen molar-refractivity contribution in [3.8, 4) is 5.75 Å². The molecule has 6 heteroatoms. The number of pyridine rings is 1. The highest BCUT2D eigenvalue weighted by molar-refractivity contribution is 7.92. The molecule has 0 aliphatic carbocycles. The van der Waals surface area contributed by atoms with E-state index in [0.717, 1.165) is 11.3 Å². The quantitative estimate of drug-likeness (QED) is 0.929. The number of hydrogen-bond acceptors (Lipinski definition) is 4. The molecule has 0 fully saturated rings. The monoisotopic (exact) mass is 334 g/mol. The van der Waals surface area contributed by atoms with Gasteiger partial charge in [-0.25, -0.2) is 8.42 Å². The molecule has 5 nitrogen and oxygen atoms in total. The summed E-state index contributed by atoms with van der Waals surface area (Å²) < 4.78 is 33.1. The number of hydrogen-bond donors (Lipinski definition) is 1. The molecule has 1 aromatic heterocycles. The number of benzene rings is 1. The highest BCUT2D eigenvalue weighted by Gasteiger charge is 2.21. The molecule has 23 heavy (non-hydrogen) atoms. The van der Waals surface area contributed by atoms with E-state index in [1.165, 1.54) is 7.11 Å². The number of rotatable bonds is 4.